The van der Waals surface area contributed by atoms with Crippen LogP contribution in [-0.4, -0.2) is 38.3 Å². The molecule has 2 amide bonds. The van der Waals surface area contributed by atoms with Crippen molar-refractivity contribution in [2.24, 2.45) is 4.99 Å². The molecule has 3 aromatic carbocycles. The van der Waals surface area contributed by atoms with Crippen LogP contribution in [0.3, 0.4) is 0 Å². The lowest BCUT2D eigenvalue weighted by Gasteiger charge is -2.22. The molecular formula is C27H26ClN3O4. The van der Waals surface area contributed by atoms with Gasteiger partial charge in [-0.2, -0.15) is 0 Å². The van der Waals surface area contributed by atoms with Crippen LogP contribution in [0.5, 0.6) is 11.5 Å². The molecule has 0 saturated carbocycles. The standard InChI is InChI=1S/C27H26ClN3O4/c1-16-9-10-18(11-17(16)2)21-13-27(33)31(23-8-6-5-7-20(23)29-21)15-26(32)30-22-12-19(28)24(34-3)14-25(22)35-4/h5-12,14H,13,15H2,1-4H3,(H,30,32). The molecule has 35 heavy (non-hydrogen) atoms. The number of para-hydroxylation sites is 2. The van der Waals surface area contributed by atoms with Gasteiger partial charge in [0, 0.05) is 6.07 Å². The van der Waals surface area contributed by atoms with E-state index in [4.69, 9.17) is 26.1 Å². The van der Waals surface area contributed by atoms with Gasteiger partial charge < -0.3 is 19.7 Å². The summed E-state index contributed by atoms with van der Waals surface area (Å²) in [5.41, 5.74) is 5.43. The van der Waals surface area contributed by atoms with Gasteiger partial charge in [0.15, 0.2) is 0 Å². The second-order valence-corrected chi connectivity index (χ2v) is 8.65. The second kappa shape index (κ2) is 10.2. The maximum atomic E-state index is 13.4. The Kier molecular flexibility index (Phi) is 7.07. The molecule has 4 rings (SSSR count). The first kappa shape index (κ1) is 24.3. The van der Waals surface area contributed by atoms with Crippen molar-refractivity contribution in [2.75, 3.05) is 31.0 Å². The van der Waals surface area contributed by atoms with Gasteiger partial charge in [0.1, 0.15) is 18.0 Å². The number of rotatable bonds is 6. The van der Waals surface area contributed by atoms with Gasteiger partial charge in [-0.05, 0) is 54.8 Å². The summed E-state index contributed by atoms with van der Waals surface area (Å²) >= 11 is 6.23. The second-order valence-electron chi connectivity index (χ2n) is 8.24. The monoisotopic (exact) mass is 491 g/mol. The van der Waals surface area contributed by atoms with Gasteiger partial charge in [-0.1, -0.05) is 35.9 Å². The smallest absolute Gasteiger partial charge is 0.244 e. The summed E-state index contributed by atoms with van der Waals surface area (Å²) < 4.78 is 10.6. The van der Waals surface area contributed by atoms with Crippen molar-refractivity contribution < 1.29 is 19.1 Å². The van der Waals surface area contributed by atoms with E-state index in [0.29, 0.717) is 39.3 Å². The number of aryl methyl sites for hydroxylation is 2. The Morgan fingerprint density at radius 2 is 1.77 bits per heavy atom. The van der Waals surface area contributed by atoms with Crippen LogP contribution in [0.25, 0.3) is 0 Å². The highest BCUT2D eigenvalue weighted by Gasteiger charge is 2.27. The van der Waals surface area contributed by atoms with Crippen molar-refractivity contribution in [3.63, 3.8) is 0 Å². The van der Waals surface area contributed by atoms with Crippen LogP contribution in [0, 0.1) is 13.8 Å². The number of hydrogen-bond acceptors (Lipinski definition) is 5. The fourth-order valence-corrected chi connectivity index (χ4v) is 4.14. The molecule has 0 atom stereocenters. The highest BCUT2D eigenvalue weighted by molar-refractivity contribution is 6.32. The van der Waals surface area contributed by atoms with E-state index in [9.17, 15) is 9.59 Å². The quantitative estimate of drug-likeness (QED) is 0.495. The molecule has 180 valence electrons. The van der Waals surface area contributed by atoms with E-state index in [1.54, 1.807) is 18.2 Å². The fraction of sp³-hybridized carbons (Fsp3) is 0.222. The zero-order valence-corrected chi connectivity index (χ0v) is 20.8. The summed E-state index contributed by atoms with van der Waals surface area (Å²) in [4.78, 5) is 32.7. The number of nitrogens with zero attached hydrogens (tertiary/aromatic N) is 2. The van der Waals surface area contributed by atoms with Gasteiger partial charge in [0.25, 0.3) is 0 Å². The van der Waals surface area contributed by atoms with Crippen LogP contribution in [-0.2, 0) is 9.59 Å². The largest absolute Gasteiger partial charge is 0.495 e. The summed E-state index contributed by atoms with van der Waals surface area (Å²) in [6, 6.07) is 16.5. The maximum absolute atomic E-state index is 13.4. The number of amides is 2. The highest BCUT2D eigenvalue weighted by Crippen LogP contribution is 2.36. The summed E-state index contributed by atoms with van der Waals surface area (Å²) in [5.74, 6) is 0.195. The molecule has 0 spiro atoms. The first-order valence-electron chi connectivity index (χ1n) is 11.1. The van der Waals surface area contributed by atoms with Gasteiger partial charge >= 0.3 is 0 Å². The predicted molar refractivity (Wildman–Crippen MR) is 139 cm³/mol. The van der Waals surface area contributed by atoms with E-state index in [2.05, 4.69) is 5.32 Å². The topological polar surface area (TPSA) is 80.2 Å². The van der Waals surface area contributed by atoms with E-state index < -0.39 is 5.91 Å². The summed E-state index contributed by atoms with van der Waals surface area (Å²) in [6.45, 7) is 3.88. The third-order valence-corrected chi connectivity index (χ3v) is 6.23. The molecule has 1 heterocycles. The number of ether oxygens (including phenoxy) is 2. The van der Waals surface area contributed by atoms with Crippen molar-refractivity contribution >= 4 is 46.2 Å². The molecule has 3 aromatic rings. The van der Waals surface area contributed by atoms with Gasteiger partial charge in [-0.15, -0.1) is 0 Å². The number of halogens is 1. The Morgan fingerprint density at radius 3 is 2.49 bits per heavy atom. The minimum absolute atomic E-state index is 0.0716. The zero-order valence-electron chi connectivity index (χ0n) is 20.0. The molecule has 1 N–H and O–H groups in total. The lowest BCUT2D eigenvalue weighted by Crippen LogP contribution is -2.38. The molecule has 1 aliphatic rings. The van der Waals surface area contributed by atoms with Crippen LogP contribution < -0.4 is 19.7 Å². The van der Waals surface area contributed by atoms with Crippen LogP contribution in [0.2, 0.25) is 5.02 Å². The summed E-state index contributed by atoms with van der Waals surface area (Å²) in [6.07, 6.45) is 0.0716. The number of anilines is 2. The first-order valence-corrected chi connectivity index (χ1v) is 11.4. The van der Waals surface area contributed by atoms with Crippen LogP contribution in [0.1, 0.15) is 23.1 Å². The predicted octanol–water partition coefficient (Wildman–Crippen LogP) is 5.47. The van der Waals surface area contributed by atoms with Crippen molar-refractivity contribution in [3.05, 3.63) is 76.3 Å². The number of aliphatic imine (C=N–C) groups is 1. The number of benzene rings is 3. The molecule has 8 heteroatoms. The summed E-state index contributed by atoms with van der Waals surface area (Å²) in [7, 11) is 2.98. The Labute approximate surface area is 209 Å². The lowest BCUT2D eigenvalue weighted by atomic mass is 10.0. The normalized spacial score (nSPS) is 13.0. The van der Waals surface area contributed by atoms with Gasteiger partial charge in [-0.25, -0.2) is 0 Å². The molecule has 0 bridgehead atoms. The zero-order chi connectivity index (χ0) is 25.1. The van der Waals surface area contributed by atoms with E-state index in [-0.39, 0.29) is 18.9 Å². The third-order valence-electron chi connectivity index (χ3n) is 5.94. The maximum Gasteiger partial charge on any atom is 0.244 e. The molecular weight excluding hydrogens is 466 g/mol. The number of carbonyl (C=O) groups excluding carboxylic acids is 2. The number of nitrogens with one attached hydrogen (secondary N) is 1. The molecule has 0 unspecified atom stereocenters. The molecule has 0 aliphatic carbocycles. The average molecular weight is 492 g/mol. The first-order chi connectivity index (χ1) is 16.8. The Hall–Kier alpha value is -3.84. The third kappa shape index (κ3) is 5.15. The number of carbonyl (C=O) groups is 2. The van der Waals surface area contributed by atoms with E-state index >= 15 is 0 Å². The molecule has 0 saturated heterocycles. The molecule has 0 aromatic heterocycles. The molecule has 7 nitrogen and oxygen atoms in total. The molecule has 1 aliphatic heterocycles. The number of hydrogen-bond donors (Lipinski definition) is 1. The van der Waals surface area contributed by atoms with E-state index in [1.165, 1.54) is 24.7 Å². The van der Waals surface area contributed by atoms with E-state index in [1.807, 2.05) is 50.2 Å². The SMILES string of the molecule is COc1cc(OC)c(NC(=O)CN2C(=O)CC(c3ccc(C)c(C)c3)=Nc3ccccc32)cc1Cl. The van der Waals surface area contributed by atoms with Gasteiger partial charge in [-0.3, -0.25) is 14.6 Å². The summed E-state index contributed by atoms with van der Waals surface area (Å²) in [5, 5.41) is 3.12. The van der Waals surface area contributed by atoms with Crippen molar-refractivity contribution in [3.8, 4) is 11.5 Å². The Morgan fingerprint density at radius 1 is 1.03 bits per heavy atom. The Balaban J connectivity index is 1.61. The number of fused-ring (bicyclic) bond motifs is 1. The van der Waals surface area contributed by atoms with E-state index in [0.717, 1.165) is 11.1 Å². The Bertz CT molecular complexity index is 1340. The minimum Gasteiger partial charge on any atom is -0.495 e. The van der Waals surface area contributed by atoms with Crippen LogP contribution in [0.4, 0.5) is 17.1 Å². The minimum atomic E-state index is -0.401. The highest BCUT2D eigenvalue weighted by atomic mass is 35.5. The van der Waals surface area contributed by atoms with Crippen molar-refractivity contribution in [1.82, 2.24) is 0 Å². The number of methoxy groups -OCH3 is 2. The molecule has 0 fully saturated rings. The average Bonchev–Trinajstić information content (AvgIpc) is 2.97. The lowest BCUT2D eigenvalue weighted by molar-refractivity contribution is -0.120. The fourth-order valence-electron chi connectivity index (χ4n) is 3.90. The van der Waals surface area contributed by atoms with Crippen molar-refractivity contribution in [2.45, 2.75) is 20.3 Å². The van der Waals surface area contributed by atoms with Gasteiger partial charge in [0.2, 0.25) is 11.8 Å². The van der Waals surface area contributed by atoms with Crippen LogP contribution in [0.15, 0.2) is 59.6 Å². The van der Waals surface area contributed by atoms with Gasteiger partial charge in [0.05, 0.1) is 48.4 Å². The van der Waals surface area contributed by atoms with Crippen LogP contribution >= 0.6 is 11.6 Å². The van der Waals surface area contributed by atoms with Crippen molar-refractivity contribution in [1.29, 1.82) is 0 Å². The molecule has 0 radical (unpaired) electrons.